The molecule has 1 saturated heterocycles. The van der Waals surface area contributed by atoms with E-state index in [0.717, 1.165) is 43.2 Å². The van der Waals surface area contributed by atoms with Gasteiger partial charge in [0.2, 0.25) is 0 Å². The number of nitrogens with zero attached hydrogens (tertiary/aromatic N) is 2. The number of rotatable bonds is 6. The number of aryl methyl sites for hydroxylation is 1. The Morgan fingerprint density at radius 2 is 1.76 bits per heavy atom. The third-order valence-corrected chi connectivity index (χ3v) is 4.49. The van der Waals surface area contributed by atoms with Crippen LogP contribution in [0, 0.1) is 6.92 Å². The van der Waals surface area contributed by atoms with Crippen LogP contribution in [0.4, 0.5) is 5.69 Å². The molecule has 0 radical (unpaired) electrons. The molecule has 0 bridgehead atoms. The third kappa shape index (κ3) is 5.11. The fourth-order valence-corrected chi connectivity index (χ4v) is 3.10. The lowest BCUT2D eigenvalue weighted by molar-refractivity contribution is 0.0663. The van der Waals surface area contributed by atoms with Crippen molar-refractivity contribution in [2.75, 3.05) is 44.2 Å². The summed E-state index contributed by atoms with van der Waals surface area (Å²) in [5.41, 5.74) is 2.28. The Balaban J connectivity index is 1.41. The SMILES string of the molecule is Cc1cccc(OCC(O)CN2CCN(c3ccc(O)cc3)CC2)c1. The summed E-state index contributed by atoms with van der Waals surface area (Å²) in [5, 5.41) is 19.6. The molecule has 3 rings (SSSR count). The summed E-state index contributed by atoms with van der Waals surface area (Å²) in [6.07, 6.45) is -0.499. The van der Waals surface area contributed by atoms with Gasteiger partial charge in [0.25, 0.3) is 0 Å². The van der Waals surface area contributed by atoms with E-state index in [0.29, 0.717) is 18.9 Å². The normalized spacial score (nSPS) is 16.6. The summed E-state index contributed by atoms with van der Waals surface area (Å²) in [4.78, 5) is 4.56. The summed E-state index contributed by atoms with van der Waals surface area (Å²) in [6, 6.07) is 15.2. The van der Waals surface area contributed by atoms with Gasteiger partial charge in [-0.05, 0) is 48.9 Å². The van der Waals surface area contributed by atoms with Crippen molar-refractivity contribution in [1.82, 2.24) is 4.90 Å². The zero-order chi connectivity index (χ0) is 17.6. The molecule has 1 heterocycles. The van der Waals surface area contributed by atoms with E-state index in [1.54, 1.807) is 12.1 Å². The molecule has 1 unspecified atom stereocenters. The van der Waals surface area contributed by atoms with Crippen molar-refractivity contribution in [2.45, 2.75) is 13.0 Å². The van der Waals surface area contributed by atoms with Crippen LogP contribution in [0.3, 0.4) is 0 Å². The molecule has 5 heteroatoms. The van der Waals surface area contributed by atoms with Gasteiger partial charge >= 0.3 is 0 Å². The Bertz CT molecular complexity index is 667. The number of hydrogen-bond acceptors (Lipinski definition) is 5. The van der Waals surface area contributed by atoms with Gasteiger partial charge in [0.15, 0.2) is 0 Å². The fourth-order valence-electron chi connectivity index (χ4n) is 3.10. The lowest BCUT2D eigenvalue weighted by Crippen LogP contribution is -2.49. The van der Waals surface area contributed by atoms with Crippen LogP contribution in [0.1, 0.15) is 5.56 Å². The molecule has 1 aliphatic rings. The zero-order valence-corrected chi connectivity index (χ0v) is 14.6. The van der Waals surface area contributed by atoms with Crippen molar-refractivity contribution in [2.24, 2.45) is 0 Å². The van der Waals surface area contributed by atoms with E-state index in [1.807, 2.05) is 43.3 Å². The molecule has 1 atom stereocenters. The predicted octanol–water partition coefficient (Wildman–Crippen LogP) is 2.26. The summed E-state index contributed by atoms with van der Waals surface area (Å²) in [6.45, 7) is 6.59. The molecular weight excluding hydrogens is 316 g/mol. The average molecular weight is 342 g/mol. The number of aliphatic hydroxyl groups excluding tert-OH is 1. The first kappa shape index (κ1) is 17.6. The second-order valence-electron chi connectivity index (χ2n) is 6.59. The molecule has 25 heavy (non-hydrogen) atoms. The number of aromatic hydroxyl groups is 1. The molecule has 2 aromatic carbocycles. The maximum Gasteiger partial charge on any atom is 0.119 e. The highest BCUT2D eigenvalue weighted by Crippen LogP contribution is 2.20. The zero-order valence-electron chi connectivity index (χ0n) is 14.6. The molecule has 0 aromatic heterocycles. The largest absolute Gasteiger partial charge is 0.508 e. The maximum absolute atomic E-state index is 10.2. The molecule has 134 valence electrons. The van der Waals surface area contributed by atoms with Crippen LogP contribution >= 0.6 is 0 Å². The Morgan fingerprint density at radius 3 is 2.44 bits per heavy atom. The minimum atomic E-state index is -0.499. The van der Waals surface area contributed by atoms with Crippen LogP contribution in [-0.2, 0) is 0 Å². The number of hydrogen-bond donors (Lipinski definition) is 2. The fraction of sp³-hybridized carbons (Fsp3) is 0.400. The Kier molecular flexibility index (Phi) is 5.79. The van der Waals surface area contributed by atoms with Crippen molar-refractivity contribution in [3.8, 4) is 11.5 Å². The number of phenolic OH excluding ortho intramolecular Hbond substituents is 1. The Labute approximate surface area is 149 Å². The highest BCUT2D eigenvalue weighted by molar-refractivity contribution is 5.49. The number of benzene rings is 2. The van der Waals surface area contributed by atoms with Crippen molar-refractivity contribution in [3.05, 3.63) is 54.1 Å². The number of piperazine rings is 1. The van der Waals surface area contributed by atoms with Gasteiger partial charge in [-0.15, -0.1) is 0 Å². The van der Waals surface area contributed by atoms with E-state index >= 15 is 0 Å². The molecule has 2 aromatic rings. The lowest BCUT2D eigenvalue weighted by atomic mass is 10.2. The molecule has 1 fully saturated rings. The van der Waals surface area contributed by atoms with Crippen LogP contribution in [0.5, 0.6) is 11.5 Å². The highest BCUT2D eigenvalue weighted by Gasteiger charge is 2.19. The number of aliphatic hydroxyl groups is 1. The van der Waals surface area contributed by atoms with Crippen LogP contribution in [-0.4, -0.2) is 60.5 Å². The van der Waals surface area contributed by atoms with E-state index in [2.05, 4.69) is 9.80 Å². The van der Waals surface area contributed by atoms with Gasteiger partial charge in [-0.25, -0.2) is 0 Å². The number of anilines is 1. The van der Waals surface area contributed by atoms with Gasteiger partial charge in [-0.3, -0.25) is 4.90 Å². The molecular formula is C20H26N2O3. The molecule has 5 nitrogen and oxygen atoms in total. The average Bonchev–Trinajstić information content (AvgIpc) is 2.62. The Morgan fingerprint density at radius 1 is 1.04 bits per heavy atom. The van der Waals surface area contributed by atoms with Crippen LogP contribution in [0.25, 0.3) is 0 Å². The van der Waals surface area contributed by atoms with Gasteiger partial charge in [0.05, 0.1) is 0 Å². The topological polar surface area (TPSA) is 56.2 Å². The van der Waals surface area contributed by atoms with Crippen molar-refractivity contribution < 1.29 is 14.9 Å². The van der Waals surface area contributed by atoms with Gasteiger partial charge in [-0.1, -0.05) is 12.1 Å². The van der Waals surface area contributed by atoms with Crippen LogP contribution < -0.4 is 9.64 Å². The Hall–Kier alpha value is -2.24. The molecule has 1 aliphatic heterocycles. The summed E-state index contributed by atoms with van der Waals surface area (Å²) >= 11 is 0. The van der Waals surface area contributed by atoms with E-state index in [4.69, 9.17) is 4.74 Å². The summed E-state index contributed by atoms with van der Waals surface area (Å²) in [7, 11) is 0. The molecule has 0 aliphatic carbocycles. The van der Waals surface area contributed by atoms with Gasteiger partial charge in [0.1, 0.15) is 24.2 Å². The molecule has 0 amide bonds. The first-order valence-electron chi connectivity index (χ1n) is 8.74. The smallest absolute Gasteiger partial charge is 0.119 e. The first-order valence-corrected chi connectivity index (χ1v) is 8.74. The monoisotopic (exact) mass is 342 g/mol. The minimum Gasteiger partial charge on any atom is -0.508 e. The summed E-state index contributed by atoms with van der Waals surface area (Å²) in [5.74, 6) is 1.09. The van der Waals surface area contributed by atoms with E-state index < -0.39 is 6.10 Å². The quantitative estimate of drug-likeness (QED) is 0.843. The van der Waals surface area contributed by atoms with Gasteiger partial charge < -0.3 is 19.8 Å². The lowest BCUT2D eigenvalue weighted by Gasteiger charge is -2.36. The number of ether oxygens (including phenoxy) is 1. The van der Waals surface area contributed by atoms with E-state index in [1.165, 1.54) is 0 Å². The van der Waals surface area contributed by atoms with Crippen LogP contribution in [0.15, 0.2) is 48.5 Å². The van der Waals surface area contributed by atoms with Crippen LogP contribution in [0.2, 0.25) is 0 Å². The highest BCUT2D eigenvalue weighted by atomic mass is 16.5. The van der Waals surface area contributed by atoms with Crippen molar-refractivity contribution in [1.29, 1.82) is 0 Å². The minimum absolute atomic E-state index is 0.291. The first-order chi connectivity index (χ1) is 12.1. The standard InChI is InChI=1S/C20H26N2O3/c1-16-3-2-4-20(13-16)25-15-19(24)14-21-9-11-22(12-10-21)17-5-7-18(23)8-6-17/h2-8,13,19,23-24H,9-12,14-15H2,1H3. The van der Waals surface area contributed by atoms with Crippen molar-refractivity contribution in [3.63, 3.8) is 0 Å². The number of β-amino-alcohol motifs (C(OH)–C–C–N with tert-alkyl or cyclic N) is 1. The molecule has 0 saturated carbocycles. The third-order valence-electron chi connectivity index (χ3n) is 4.49. The second-order valence-corrected chi connectivity index (χ2v) is 6.59. The van der Waals surface area contributed by atoms with Gasteiger partial charge in [0, 0.05) is 38.4 Å². The van der Waals surface area contributed by atoms with Crippen molar-refractivity contribution >= 4 is 5.69 Å². The number of phenols is 1. The van der Waals surface area contributed by atoms with E-state index in [-0.39, 0.29) is 0 Å². The predicted molar refractivity (Wildman–Crippen MR) is 99.4 cm³/mol. The molecule has 0 spiro atoms. The maximum atomic E-state index is 10.2. The summed E-state index contributed by atoms with van der Waals surface area (Å²) < 4.78 is 5.68. The molecule has 2 N–H and O–H groups in total. The second kappa shape index (κ2) is 8.23. The van der Waals surface area contributed by atoms with E-state index in [9.17, 15) is 10.2 Å². The van der Waals surface area contributed by atoms with Gasteiger partial charge in [-0.2, -0.15) is 0 Å².